The Balaban J connectivity index is 1.77. The van der Waals surface area contributed by atoms with Crippen molar-refractivity contribution >= 4 is 23.2 Å². The average Bonchev–Trinajstić information content (AvgIpc) is 2.66. The van der Waals surface area contributed by atoms with Crippen molar-refractivity contribution in [2.75, 3.05) is 10.6 Å². The zero-order valence-electron chi connectivity index (χ0n) is 14.7. The Hall–Kier alpha value is -3.40. The van der Waals surface area contributed by atoms with Crippen molar-refractivity contribution in [3.8, 4) is 0 Å². The Bertz CT molecular complexity index is 949. The molecule has 0 aliphatic rings. The number of nitrogens with one attached hydrogen (secondary N) is 2. The van der Waals surface area contributed by atoms with Gasteiger partial charge in [0.25, 0.3) is 11.8 Å². The van der Waals surface area contributed by atoms with Gasteiger partial charge in [0.15, 0.2) is 0 Å². The second-order valence-electron chi connectivity index (χ2n) is 6.10. The quantitative estimate of drug-likeness (QED) is 0.714. The van der Waals surface area contributed by atoms with Crippen LogP contribution < -0.4 is 10.6 Å². The van der Waals surface area contributed by atoms with E-state index in [0.29, 0.717) is 16.8 Å². The van der Waals surface area contributed by atoms with E-state index in [1.54, 1.807) is 24.3 Å². The van der Waals surface area contributed by atoms with Crippen LogP contribution in [0.1, 0.15) is 31.8 Å². The van der Waals surface area contributed by atoms with Crippen molar-refractivity contribution in [2.45, 2.75) is 13.8 Å². The third kappa shape index (κ3) is 3.98. The molecule has 0 spiro atoms. The Morgan fingerprint density at radius 3 is 2.00 bits per heavy atom. The first-order valence-corrected chi connectivity index (χ1v) is 8.38. The second-order valence-corrected chi connectivity index (χ2v) is 6.10. The SMILES string of the molecule is Cc1cccc(NC(=O)c2cccc(C(=O)Nc3ccccc3)c2)c1C. The van der Waals surface area contributed by atoms with Gasteiger partial charge in [0.1, 0.15) is 0 Å². The first-order valence-electron chi connectivity index (χ1n) is 8.38. The lowest BCUT2D eigenvalue weighted by atomic mass is 10.1. The molecule has 0 saturated heterocycles. The van der Waals surface area contributed by atoms with Crippen LogP contribution in [0, 0.1) is 13.8 Å². The minimum absolute atomic E-state index is 0.243. The predicted molar refractivity (Wildman–Crippen MR) is 105 cm³/mol. The van der Waals surface area contributed by atoms with Crippen LogP contribution in [0.15, 0.2) is 72.8 Å². The van der Waals surface area contributed by atoms with Gasteiger partial charge in [-0.3, -0.25) is 9.59 Å². The van der Waals surface area contributed by atoms with E-state index in [0.717, 1.165) is 16.8 Å². The third-order valence-corrected chi connectivity index (χ3v) is 4.27. The number of aryl methyl sites for hydroxylation is 1. The highest BCUT2D eigenvalue weighted by Gasteiger charge is 2.12. The van der Waals surface area contributed by atoms with Gasteiger partial charge in [0.05, 0.1) is 0 Å². The maximum atomic E-state index is 12.6. The van der Waals surface area contributed by atoms with Crippen molar-refractivity contribution in [3.63, 3.8) is 0 Å². The molecule has 3 aromatic carbocycles. The van der Waals surface area contributed by atoms with Gasteiger partial charge in [-0.2, -0.15) is 0 Å². The molecule has 0 unspecified atom stereocenters. The molecular weight excluding hydrogens is 324 g/mol. The number of hydrogen-bond acceptors (Lipinski definition) is 2. The molecule has 0 fully saturated rings. The van der Waals surface area contributed by atoms with E-state index in [9.17, 15) is 9.59 Å². The molecule has 0 saturated carbocycles. The van der Waals surface area contributed by atoms with Crippen molar-refractivity contribution < 1.29 is 9.59 Å². The number of carbonyl (C=O) groups excluding carboxylic acids is 2. The lowest BCUT2D eigenvalue weighted by Gasteiger charge is -2.11. The molecule has 3 rings (SSSR count). The summed E-state index contributed by atoms with van der Waals surface area (Å²) in [5, 5.41) is 5.73. The van der Waals surface area contributed by atoms with Gasteiger partial charge in [0, 0.05) is 22.5 Å². The van der Waals surface area contributed by atoms with Crippen molar-refractivity contribution in [1.29, 1.82) is 0 Å². The van der Waals surface area contributed by atoms with E-state index in [-0.39, 0.29) is 11.8 Å². The molecule has 26 heavy (non-hydrogen) atoms. The average molecular weight is 344 g/mol. The van der Waals surface area contributed by atoms with Crippen LogP contribution >= 0.6 is 0 Å². The maximum absolute atomic E-state index is 12.6. The predicted octanol–water partition coefficient (Wildman–Crippen LogP) is 4.81. The summed E-state index contributed by atoms with van der Waals surface area (Å²) in [6, 6.07) is 21.7. The summed E-state index contributed by atoms with van der Waals surface area (Å²) >= 11 is 0. The molecule has 4 nitrogen and oxygen atoms in total. The summed E-state index contributed by atoms with van der Waals surface area (Å²) < 4.78 is 0. The highest BCUT2D eigenvalue weighted by molar-refractivity contribution is 6.08. The highest BCUT2D eigenvalue weighted by atomic mass is 16.2. The molecule has 0 aromatic heterocycles. The van der Waals surface area contributed by atoms with Crippen molar-refractivity contribution in [1.82, 2.24) is 0 Å². The third-order valence-electron chi connectivity index (χ3n) is 4.27. The Kier molecular flexibility index (Phi) is 5.13. The molecule has 2 amide bonds. The lowest BCUT2D eigenvalue weighted by Crippen LogP contribution is -2.16. The molecule has 0 atom stereocenters. The first-order chi connectivity index (χ1) is 12.5. The van der Waals surface area contributed by atoms with Gasteiger partial charge in [-0.25, -0.2) is 0 Å². The van der Waals surface area contributed by atoms with E-state index >= 15 is 0 Å². The molecule has 2 N–H and O–H groups in total. The summed E-state index contributed by atoms with van der Waals surface area (Å²) in [6.45, 7) is 3.97. The fourth-order valence-electron chi connectivity index (χ4n) is 2.61. The molecule has 130 valence electrons. The molecule has 3 aromatic rings. The van der Waals surface area contributed by atoms with Gasteiger partial charge in [0.2, 0.25) is 0 Å². The molecule has 0 bridgehead atoms. The van der Waals surface area contributed by atoms with Gasteiger partial charge in [-0.15, -0.1) is 0 Å². The topological polar surface area (TPSA) is 58.2 Å². The number of rotatable bonds is 4. The van der Waals surface area contributed by atoms with E-state index in [4.69, 9.17) is 0 Å². The summed E-state index contributed by atoms with van der Waals surface area (Å²) in [5.74, 6) is -0.495. The van der Waals surface area contributed by atoms with Crippen LogP contribution in [0.4, 0.5) is 11.4 Å². The van der Waals surface area contributed by atoms with E-state index in [1.807, 2.05) is 62.4 Å². The first kappa shape index (κ1) is 17.4. The number of anilines is 2. The number of para-hydroxylation sites is 1. The monoisotopic (exact) mass is 344 g/mol. The summed E-state index contributed by atoms with van der Waals surface area (Å²) in [7, 11) is 0. The van der Waals surface area contributed by atoms with Gasteiger partial charge in [-0.05, 0) is 61.4 Å². The summed E-state index contributed by atoms with van der Waals surface area (Å²) in [5.41, 5.74) is 4.49. The summed E-state index contributed by atoms with van der Waals surface area (Å²) in [6.07, 6.45) is 0. The number of carbonyl (C=O) groups is 2. The molecule has 0 heterocycles. The number of benzene rings is 3. The molecule has 4 heteroatoms. The number of hydrogen-bond donors (Lipinski definition) is 2. The fourth-order valence-corrected chi connectivity index (χ4v) is 2.61. The maximum Gasteiger partial charge on any atom is 0.255 e. The summed E-state index contributed by atoms with van der Waals surface area (Å²) in [4.78, 5) is 25.0. The lowest BCUT2D eigenvalue weighted by molar-refractivity contribution is 0.102. The van der Waals surface area contributed by atoms with Gasteiger partial charge in [-0.1, -0.05) is 36.4 Å². The van der Waals surface area contributed by atoms with Gasteiger partial charge >= 0.3 is 0 Å². The Morgan fingerprint density at radius 2 is 1.31 bits per heavy atom. The van der Waals surface area contributed by atoms with Crippen LogP contribution in [-0.4, -0.2) is 11.8 Å². The minimum Gasteiger partial charge on any atom is -0.322 e. The molecular formula is C22H20N2O2. The second kappa shape index (κ2) is 7.66. The van der Waals surface area contributed by atoms with E-state index < -0.39 is 0 Å². The van der Waals surface area contributed by atoms with Crippen LogP contribution in [0.3, 0.4) is 0 Å². The zero-order valence-corrected chi connectivity index (χ0v) is 14.7. The molecule has 0 aliphatic carbocycles. The van der Waals surface area contributed by atoms with Crippen LogP contribution in [0.2, 0.25) is 0 Å². The standard InChI is InChI=1S/C22H20N2O2/c1-15-8-6-13-20(16(15)2)24-22(26)18-10-7-9-17(14-18)21(25)23-19-11-4-3-5-12-19/h3-14H,1-2H3,(H,23,25)(H,24,26). The van der Waals surface area contributed by atoms with Crippen LogP contribution in [0.5, 0.6) is 0 Å². The van der Waals surface area contributed by atoms with E-state index in [2.05, 4.69) is 10.6 Å². The number of amides is 2. The largest absolute Gasteiger partial charge is 0.322 e. The van der Waals surface area contributed by atoms with Gasteiger partial charge < -0.3 is 10.6 Å². The normalized spacial score (nSPS) is 10.2. The molecule has 0 radical (unpaired) electrons. The fraction of sp³-hybridized carbons (Fsp3) is 0.0909. The minimum atomic E-state index is -0.252. The van der Waals surface area contributed by atoms with E-state index in [1.165, 1.54) is 0 Å². The molecule has 0 aliphatic heterocycles. The smallest absolute Gasteiger partial charge is 0.255 e. The highest BCUT2D eigenvalue weighted by Crippen LogP contribution is 2.19. The van der Waals surface area contributed by atoms with Crippen LogP contribution in [0.25, 0.3) is 0 Å². The Morgan fingerprint density at radius 1 is 0.692 bits per heavy atom. The van der Waals surface area contributed by atoms with Crippen molar-refractivity contribution in [2.24, 2.45) is 0 Å². The van der Waals surface area contributed by atoms with Crippen LogP contribution in [-0.2, 0) is 0 Å². The van der Waals surface area contributed by atoms with Crippen molar-refractivity contribution in [3.05, 3.63) is 95.1 Å². The zero-order chi connectivity index (χ0) is 18.5. The Labute approximate surface area is 152 Å².